The van der Waals surface area contributed by atoms with Gasteiger partial charge in [0.2, 0.25) is 5.91 Å². The number of hydrogen-bond acceptors (Lipinski definition) is 3. The van der Waals surface area contributed by atoms with Crippen molar-refractivity contribution >= 4 is 11.8 Å². The molecular formula is C17H24N4O2. The second kappa shape index (κ2) is 5.35. The molecule has 1 atom stereocenters. The van der Waals surface area contributed by atoms with E-state index in [-0.39, 0.29) is 17.2 Å². The zero-order chi connectivity index (χ0) is 16.0. The van der Waals surface area contributed by atoms with Gasteiger partial charge in [-0.05, 0) is 44.9 Å². The minimum Gasteiger partial charge on any atom is -0.348 e. The number of aromatic nitrogens is 2. The molecule has 3 heterocycles. The van der Waals surface area contributed by atoms with Crippen LogP contribution in [0.25, 0.3) is 0 Å². The highest BCUT2D eigenvalue weighted by molar-refractivity contribution is 5.94. The first kappa shape index (κ1) is 14.7. The first-order valence-corrected chi connectivity index (χ1v) is 8.68. The molecular weight excluding hydrogens is 292 g/mol. The second-order valence-corrected chi connectivity index (χ2v) is 7.43. The fraction of sp³-hybridized carbons (Fsp3) is 0.706. The quantitative estimate of drug-likeness (QED) is 0.920. The van der Waals surface area contributed by atoms with Gasteiger partial charge in [-0.25, -0.2) is 4.98 Å². The van der Waals surface area contributed by atoms with E-state index in [4.69, 9.17) is 0 Å². The van der Waals surface area contributed by atoms with E-state index in [2.05, 4.69) is 14.9 Å². The summed E-state index contributed by atoms with van der Waals surface area (Å²) in [6, 6.07) is 0. The molecule has 1 saturated carbocycles. The number of hydrogen-bond donors (Lipinski definition) is 1. The molecule has 6 heteroatoms. The molecule has 1 aromatic heterocycles. The summed E-state index contributed by atoms with van der Waals surface area (Å²) in [4.78, 5) is 36.6. The van der Waals surface area contributed by atoms with Gasteiger partial charge in [-0.3, -0.25) is 9.59 Å². The standard InChI is InChI=1S/C17H24N4O2/c1-12-14(19-11-18-12)15(22)21-8-6-17(10-21)5-2-7-20(16(17)23)9-13-3-4-13/h11,13H,2-10H2,1H3,(H,18,19)/t17-/m1/s1. The number of carbonyl (C=O) groups is 2. The van der Waals surface area contributed by atoms with Crippen LogP contribution in [0.3, 0.4) is 0 Å². The number of H-pyrrole nitrogens is 1. The Hall–Kier alpha value is -1.85. The van der Waals surface area contributed by atoms with Crippen LogP contribution in [0.4, 0.5) is 0 Å². The van der Waals surface area contributed by atoms with Crippen LogP contribution in [0.2, 0.25) is 0 Å². The monoisotopic (exact) mass is 316 g/mol. The Labute approximate surface area is 136 Å². The summed E-state index contributed by atoms with van der Waals surface area (Å²) in [7, 11) is 0. The molecule has 1 spiro atoms. The summed E-state index contributed by atoms with van der Waals surface area (Å²) >= 11 is 0. The van der Waals surface area contributed by atoms with E-state index in [0.29, 0.717) is 18.8 Å². The maximum absolute atomic E-state index is 13.0. The number of aromatic amines is 1. The van der Waals surface area contributed by atoms with E-state index in [1.807, 2.05) is 11.8 Å². The Morgan fingerprint density at radius 3 is 2.91 bits per heavy atom. The van der Waals surface area contributed by atoms with Gasteiger partial charge in [-0.15, -0.1) is 0 Å². The molecule has 1 aliphatic carbocycles. The number of carbonyl (C=O) groups excluding carboxylic acids is 2. The largest absolute Gasteiger partial charge is 0.348 e. The normalized spacial score (nSPS) is 28.0. The van der Waals surface area contributed by atoms with E-state index < -0.39 is 0 Å². The molecule has 6 nitrogen and oxygen atoms in total. The smallest absolute Gasteiger partial charge is 0.274 e. The number of imidazole rings is 1. The van der Waals surface area contributed by atoms with Crippen molar-refractivity contribution in [1.82, 2.24) is 19.8 Å². The summed E-state index contributed by atoms with van der Waals surface area (Å²) in [5.74, 6) is 0.956. The van der Waals surface area contributed by atoms with Gasteiger partial charge in [-0.1, -0.05) is 0 Å². The molecule has 3 fully saturated rings. The molecule has 3 aliphatic rings. The van der Waals surface area contributed by atoms with E-state index >= 15 is 0 Å². The van der Waals surface area contributed by atoms with Crippen LogP contribution < -0.4 is 0 Å². The van der Waals surface area contributed by atoms with Crippen LogP contribution in [0.1, 0.15) is 48.3 Å². The fourth-order valence-electron chi connectivity index (χ4n) is 4.09. The van der Waals surface area contributed by atoms with Gasteiger partial charge in [0, 0.05) is 31.9 Å². The average Bonchev–Trinajstić information content (AvgIpc) is 3.08. The van der Waals surface area contributed by atoms with E-state index in [1.165, 1.54) is 12.8 Å². The van der Waals surface area contributed by atoms with Gasteiger partial charge in [0.05, 0.1) is 11.7 Å². The lowest BCUT2D eigenvalue weighted by Gasteiger charge is -2.39. The van der Waals surface area contributed by atoms with Crippen LogP contribution in [-0.4, -0.2) is 57.8 Å². The SMILES string of the molecule is Cc1[nH]cnc1C(=O)N1CC[C@]2(CCCN(CC3CC3)C2=O)C1. The fourth-order valence-corrected chi connectivity index (χ4v) is 4.09. The Balaban J connectivity index is 1.48. The third-order valence-corrected chi connectivity index (χ3v) is 5.67. The van der Waals surface area contributed by atoms with Gasteiger partial charge in [-0.2, -0.15) is 0 Å². The minimum atomic E-state index is -0.340. The van der Waals surface area contributed by atoms with E-state index in [9.17, 15) is 9.59 Å². The van der Waals surface area contributed by atoms with Crippen molar-refractivity contribution in [2.24, 2.45) is 11.3 Å². The highest BCUT2D eigenvalue weighted by atomic mass is 16.2. The van der Waals surface area contributed by atoms with Gasteiger partial charge < -0.3 is 14.8 Å². The molecule has 0 unspecified atom stereocenters. The van der Waals surface area contributed by atoms with Gasteiger partial charge >= 0.3 is 0 Å². The highest BCUT2D eigenvalue weighted by Gasteiger charge is 2.50. The summed E-state index contributed by atoms with van der Waals surface area (Å²) in [6.45, 7) is 4.89. The van der Waals surface area contributed by atoms with Crippen LogP contribution >= 0.6 is 0 Å². The van der Waals surface area contributed by atoms with Gasteiger partial charge in [0.1, 0.15) is 5.69 Å². The van der Waals surface area contributed by atoms with Crippen molar-refractivity contribution in [1.29, 1.82) is 0 Å². The number of amides is 2. The van der Waals surface area contributed by atoms with Crippen molar-refractivity contribution in [3.05, 3.63) is 17.7 Å². The maximum Gasteiger partial charge on any atom is 0.274 e. The van der Waals surface area contributed by atoms with Crippen molar-refractivity contribution in [3.63, 3.8) is 0 Å². The van der Waals surface area contributed by atoms with Crippen LogP contribution in [-0.2, 0) is 4.79 Å². The maximum atomic E-state index is 13.0. The first-order chi connectivity index (χ1) is 11.1. The number of piperidine rings is 1. The Morgan fingerprint density at radius 1 is 1.39 bits per heavy atom. The minimum absolute atomic E-state index is 0.0484. The molecule has 1 aromatic rings. The third-order valence-electron chi connectivity index (χ3n) is 5.67. The Kier molecular flexibility index (Phi) is 3.43. The topological polar surface area (TPSA) is 69.3 Å². The van der Waals surface area contributed by atoms with Crippen molar-refractivity contribution < 1.29 is 9.59 Å². The molecule has 4 rings (SSSR count). The average molecular weight is 316 g/mol. The summed E-state index contributed by atoms with van der Waals surface area (Å²) in [5, 5.41) is 0. The van der Waals surface area contributed by atoms with Crippen LogP contribution in [0.15, 0.2) is 6.33 Å². The zero-order valence-electron chi connectivity index (χ0n) is 13.7. The van der Waals surface area contributed by atoms with Crippen molar-refractivity contribution in [3.8, 4) is 0 Å². The summed E-state index contributed by atoms with van der Waals surface area (Å²) in [6.07, 6.45) is 6.84. The Morgan fingerprint density at radius 2 is 2.22 bits per heavy atom. The van der Waals surface area contributed by atoms with E-state index in [0.717, 1.165) is 44.0 Å². The molecule has 2 saturated heterocycles. The number of rotatable bonds is 3. The third kappa shape index (κ3) is 2.54. The first-order valence-electron chi connectivity index (χ1n) is 8.68. The molecule has 2 aliphatic heterocycles. The van der Waals surface area contributed by atoms with Gasteiger partial charge in [0.15, 0.2) is 0 Å². The number of nitrogens with zero attached hydrogens (tertiary/aromatic N) is 3. The number of likely N-dealkylation sites (tertiary alicyclic amines) is 2. The molecule has 2 amide bonds. The molecule has 124 valence electrons. The lowest BCUT2D eigenvalue weighted by atomic mass is 9.78. The zero-order valence-corrected chi connectivity index (χ0v) is 13.7. The molecule has 0 aromatic carbocycles. The summed E-state index contributed by atoms with van der Waals surface area (Å²) < 4.78 is 0. The predicted molar refractivity (Wildman–Crippen MR) is 84.8 cm³/mol. The van der Waals surface area contributed by atoms with Crippen molar-refractivity contribution in [2.45, 2.75) is 39.0 Å². The Bertz CT molecular complexity index is 636. The molecule has 0 radical (unpaired) electrons. The van der Waals surface area contributed by atoms with Crippen LogP contribution in [0.5, 0.6) is 0 Å². The summed E-state index contributed by atoms with van der Waals surface area (Å²) in [5.41, 5.74) is 0.939. The number of aryl methyl sites for hydroxylation is 1. The van der Waals surface area contributed by atoms with E-state index in [1.54, 1.807) is 6.33 Å². The van der Waals surface area contributed by atoms with Crippen molar-refractivity contribution in [2.75, 3.05) is 26.2 Å². The molecule has 0 bridgehead atoms. The van der Waals surface area contributed by atoms with Gasteiger partial charge in [0.25, 0.3) is 5.91 Å². The lowest BCUT2D eigenvalue weighted by molar-refractivity contribution is -0.145. The highest BCUT2D eigenvalue weighted by Crippen LogP contribution is 2.42. The number of nitrogens with one attached hydrogen (secondary N) is 1. The second-order valence-electron chi connectivity index (χ2n) is 7.43. The van der Waals surface area contributed by atoms with Crippen LogP contribution in [0, 0.1) is 18.3 Å². The lowest BCUT2D eigenvalue weighted by Crippen LogP contribution is -2.51. The predicted octanol–water partition coefficient (Wildman–Crippen LogP) is 1.58. The molecule has 23 heavy (non-hydrogen) atoms. The molecule has 1 N–H and O–H groups in total.